The molecule has 1 atom stereocenters. The van der Waals surface area contributed by atoms with E-state index in [1.807, 2.05) is 12.1 Å². The van der Waals surface area contributed by atoms with Crippen molar-refractivity contribution in [2.75, 3.05) is 11.4 Å². The molecule has 1 amide bonds. The van der Waals surface area contributed by atoms with Gasteiger partial charge in [0.05, 0.1) is 6.20 Å². The summed E-state index contributed by atoms with van der Waals surface area (Å²) in [5.74, 6) is -1.45. The molecule has 6 nitrogen and oxygen atoms in total. The second-order valence-electron chi connectivity index (χ2n) is 6.32. The zero-order valence-electron chi connectivity index (χ0n) is 14.6. The molecule has 9 heteroatoms. The van der Waals surface area contributed by atoms with Crippen LogP contribution < -0.4 is 4.90 Å². The number of esters is 1. The summed E-state index contributed by atoms with van der Waals surface area (Å²) >= 11 is 0. The van der Waals surface area contributed by atoms with Crippen LogP contribution in [0.3, 0.4) is 0 Å². The van der Waals surface area contributed by atoms with Crippen molar-refractivity contribution in [1.29, 1.82) is 0 Å². The summed E-state index contributed by atoms with van der Waals surface area (Å²) < 4.78 is 45.9. The van der Waals surface area contributed by atoms with E-state index in [0.717, 1.165) is 18.0 Å². The molecule has 0 saturated heterocycles. The lowest BCUT2D eigenvalue weighted by molar-refractivity contribution is -0.223. The number of benzene rings is 1. The summed E-state index contributed by atoms with van der Waals surface area (Å²) in [6, 6.07) is 7.03. The molecule has 1 aromatic carbocycles. The molecule has 1 unspecified atom stereocenters. The van der Waals surface area contributed by atoms with Crippen LogP contribution >= 0.6 is 0 Å². The van der Waals surface area contributed by atoms with E-state index in [-0.39, 0.29) is 17.9 Å². The van der Waals surface area contributed by atoms with Gasteiger partial charge in [-0.25, -0.2) is 0 Å². The maximum atomic E-state index is 13.3. The van der Waals surface area contributed by atoms with Gasteiger partial charge in [0.25, 0.3) is 0 Å². The molecule has 0 radical (unpaired) electrons. The van der Waals surface area contributed by atoms with Crippen LogP contribution in [-0.2, 0) is 27.8 Å². The highest BCUT2D eigenvalue weighted by molar-refractivity contribution is 5.98. The molecular weight excluding hydrogens is 363 g/mol. The predicted molar refractivity (Wildman–Crippen MR) is 89.8 cm³/mol. The quantitative estimate of drug-likeness (QED) is 0.764. The molecule has 0 fully saturated rings. The van der Waals surface area contributed by atoms with Crippen molar-refractivity contribution in [2.24, 2.45) is 7.05 Å². The third-order valence-electron chi connectivity index (χ3n) is 4.28. The standard InChI is InChI=1S/C18H18F3N3O3/c1-23-10-13(9-22-23)17(18(19,20)21)27-16(26)11-24-14-7-3-2-5-12(14)6-4-8-15(24)25/h2-3,5,7,9-10,17H,4,6,8,11H2,1H3. The van der Waals surface area contributed by atoms with Gasteiger partial charge in [-0.15, -0.1) is 0 Å². The van der Waals surface area contributed by atoms with Gasteiger partial charge in [0.15, 0.2) is 0 Å². The van der Waals surface area contributed by atoms with E-state index in [4.69, 9.17) is 4.74 Å². The lowest BCUT2D eigenvalue weighted by Gasteiger charge is -2.24. The van der Waals surface area contributed by atoms with Crippen molar-refractivity contribution in [3.63, 3.8) is 0 Å². The Morgan fingerprint density at radius 1 is 1.30 bits per heavy atom. The Kier molecular flexibility index (Phi) is 5.20. The highest BCUT2D eigenvalue weighted by Crippen LogP contribution is 2.36. The Bertz CT molecular complexity index is 848. The highest BCUT2D eigenvalue weighted by atomic mass is 19.4. The predicted octanol–water partition coefficient (Wildman–Crippen LogP) is 2.94. The lowest BCUT2D eigenvalue weighted by Crippen LogP contribution is -2.38. The summed E-state index contributed by atoms with van der Waals surface area (Å²) in [6.07, 6.45) is -3.60. The van der Waals surface area contributed by atoms with E-state index in [1.165, 1.54) is 16.6 Å². The van der Waals surface area contributed by atoms with E-state index < -0.39 is 24.8 Å². The van der Waals surface area contributed by atoms with Gasteiger partial charge in [0, 0.05) is 30.9 Å². The van der Waals surface area contributed by atoms with E-state index in [9.17, 15) is 22.8 Å². The minimum Gasteiger partial charge on any atom is -0.446 e. The largest absolute Gasteiger partial charge is 0.446 e. The first kappa shape index (κ1) is 18.9. The van der Waals surface area contributed by atoms with Gasteiger partial charge in [0.1, 0.15) is 6.54 Å². The number of ether oxygens (including phenoxy) is 1. The van der Waals surface area contributed by atoms with E-state index in [2.05, 4.69) is 5.10 Å². The van der Waals surface area contributed by atoms with Crippen LogP contribution in [-0.4, -0.2) is 34.4 Å². The maximum Gasteiger partial charge on any atom is 0.429 e. The molecule has 2 heterocycles. The molecule has 2 aromatic rings. The number of para-hydroxylation sites is 1. The molecule has 3 rings (SSSR count). The first-order valence-corrected chi connectivity index (χ1v) is 8.38. The topological polar surface area (TPSA) is 64.4 Å². The fourth-order valence-electron chi connectivity index (χ4n) is 3.06. The van der Waals surface area contributed by atoms with E-state index in [1.54, 1.807) is 12.1 Å². The van der Waals surface area contributed by atoms with Gasteiger partial charge in [-0.1, -0.05) is 18.2 Å². The number of fused-ring (bicyclic) bond motifs is 1. The van der Waals surface area contributed by atoms with Crippen LogP contribution in [0.4, 0.5) is 18.9 Å². The van der Waals surface area contributed by atoms with Crippen LogP contribution in [0.1, 0.15) is 30.1 Å². The summed E-state index contributed by atoms with van der Waals surface area (Å²) in [7, 11) is 1.46. The summed E-state index contributed by atoms with van der Waals surface area (Å²) in [4.78, 5) is 25.8. The molecule has 1 aromatic heterocycles. The minimum atomic E-state index is -4.79. The fraction of sp³-hybridized carbons (Fsp3) is 0.389. The molecule has 1 aliphatic heterocycles. The average molecular weight is 381 g/mol. The third kappa shape index (κ3) is 4.29. The first-order valence-electron chi connectivity index (χ1n) is 8.38. The maximum absolute atomic E-state index is 13.3. The molecular formula is C18H18F3N3O3. The van der Waals surface area contributed by atoms with Crippen molar-refractivity contribution < 1.29 is 27.5 Å². The van der Waals surface area contributed by atoms with Crippen LogP contribution in [0, 0.1) is 0 Å². The number of hydrogen-bond acceptors (Lipinski definition) is 4. The number of aryl methyl sites for hydroxylation is 2. The first-order chi connectivity index (χ1) is 12.8. The number of hydrogen-bond donors (Lipinski definition) is 0. The van der Waals surface area contributed by atoms with Crippen LogP contribution in [0.25, 0.3) is 0 Å². The van der Waals surface area contributed by atoms with Gasteiger partial charge in [-0.3, -0.25) is 14.3 Å². The molecule has 0 bridgehead atoms. The summed E-state index contributed by atoms with van der Waals surface area (Å²) in [6.45, 7) is -0.581. The number of anilines is 1. The number of rotatable bonds is 4. The van der Waals surface area contributed by atoms with Gasteiger partial charge >= 0.3 is 12.1 Å². The van der Waals surface area contributed by atoms with Crippen LogP contribution in [0.15, 0.2) is 36.7 Å². The summed E-state index contributed by atoms with van der Waals surface area (Å²) in [5.41, 5.74) is 1.12. The Hall–Kier alpha value is -2.84. The molecule has 0 N–H and O–H groups in total. The number of carbonyl (C=O) groups is 2. The Morgan fingerprint density at radius 2 is 2.04 bits per heavy atom. The van der Waals surface area contributed by atoms with Crippen LogP contribution in [0.5, 0.6) is 0 Å². The molecule has 27 heavy (non-hydrogen) atoms. The smallest absolute Gasteiger partial charge is 0.429 e. The number of nitrogens with zero attached hydrogens (tertiary/aromatic N) is 3. The Balaban J connectivity index is 1.80. The lowest BCUT2D eigenvalue weighted by atomic mass is 10.1. The van der Waals surface area contributed by atoms with Gasteiger partial charge < -0.3 is 9.64 Å². The molecule has 0 aliphatic carbocycles. The zero-order valence-corrected chi connectivity index (χ0v) is 14.6. The Morgan fingerprint density at radius 3 is 2.70 bits per heavy atom. The average Bonchev–Trinajstić information content (AvgIpc) is 2.96. The van der Waals surface area contributed by atoms with Crippen molar-refractivity contribution in [3.05, 3.63) is 47.8 Å². The zero-order chi connectivity index (χ0) is 19.6. The molecule has 144 valence electrons. The second kappa shape index (κ2) is 7.42. The number of aromatic nitrogens is 2. The number of carbonyl (C=O) groups excluding carboxylic acids is 2. The molecule has 0 spiro atoms. The number of alkyl halides is 3. The van der Waals surface area contributed by atoms with Crippen molar-refractivity contribution in [2.45, 2.75) is 31.5 Å². The Labute approximate surface area is 153 Å². The minimum absolute atomic E-state index is 0.216. The second-order valence-corrected chi connectivity index (χ2v) is 6.32. The normalized spacial score (nSPS) is 15.9. The number of amides is 1. The third-order valence-corrected chi connectivity index (χ3v) is 4.28. The summed E-state index contributed by atoms with van der Waals surface area (Å²) in [5, 5.41) is 3.69. The van der Waals surface area contributed by atoms with Crippen LogP contribution in [0.2, 0.25) is 0 Å². The van der Waals surface area contributed by atoms with Gasteiger partial charge in [0.2, 0.25) is 12.0 Å². The highest BCUT2D eigenvalue weighted by Gasteiger charge is 2.45. The van der Waals surface area contributed by atoms with Crippen molar-refractivity contribution in [3.8, 4) is 0 Å². The van der Waals surface area contributed by atoms with Gasteiger partial charge in [-0.05, 0) is 24.5 Å². The van der Waals surface area contributed by atoms with E-state index in [0.29, 0.717) is 18.5 Å². The molecule has 1 aliphatic rings. The molecule has 0 saturated carbocycles. The number of halogens is 3. The fourth-order valence-corrected chi connectivity index (χ4v) is 3.06. The monoisotopic (exact) mass is 381 g/mol. The van der Waals surface area contributed by atoms with Crippen molar-refractivity contribution in [1.82, 2.24) is 9.78 Å². The van der Waals surface area contributed by atoms with Crippen molar-refractivity contribution >= 4 is 17.6 Å². The van der Waals surface area contributed by atoms with E-state index >= 15 is 0 Å². The SMILES string of the molecule is Cn1cc(C(OC(=O)CN2C(=O)CCCc3ccccc32)C(F)(F)F)cn1. The van der Waals surface area contributed by atoms with Gasteiger partial charge in [-0.2, -0.15) is 18.3 Å².